The van der Waals surface area contributed by atoms with Gasteiger partial charge in [-0.05, 0) is 30.4 Å². The summed E-state index contributed by atoms with van der Waals surface area (Å²) in [6, 6.07) is 18.5. The van der Waals surface area contributed by atoms with Gasteiger partial charge in [-0.2, -0.15) is 0 Å². The second-order valence-corrected chi connectivity index (χ2v) is 5.25. The van der Waals surface area contributed by atoms with Crippen LogP contribution in [0.5, 0.6) is 0 Å². The third kappa shape index (κ3) is 3.23. The third-order valence-corrected chi connectivity index (χ3v) is 3.52. The zero-order chi connectivity index (χ0) is 12.8. The molecule has 0 unspecified atom stereocenters. The summed E-state index contributed by atoms with van der Waals surface area (Å²) in [5.41, 5.74) is 3.51. The summed E-state index contributed by atoms with van der Waals surface area (Å²) in [6.45, 7) is 4.29. The number of benzene rings is 2. The number of aliphatic imine (C=N–C) groups is 1. The van der Waals surface area contributed by atoms with E-state index < -0.39 is 0 Å². The van der Waals surface area contributed by atoms with Gasteiger partial charge in [0.2, 0.25) is 0 Å². The van der Waals surface area contributed by atoms with Crippen molar-refractivity contribution in [1.29, 1.82) is 0 Å². The van der Waals surface area contributed by atoms with E-state index in [0.717, 1.165) is 16.5 Å². The summed E-state index contributed by atoms with van der Waals surface area (Å²) in [4.78, 5) is 4.76. The lowest BCUT2D eigenvalue weighted by atomic mass is 10.1. The van der Waals surface area contributed by atoms with Gasteiger partial charge in [0.1, 0.15) is 5.04 Å². The van der Waals surface area contributed by atoms with E-state index in [1.54, 1.807) is 11.8 Å². The number of thioether (sulfide) groups is 1. The van der Waals surface area contributed by atoms with Crippen LogP contribution in [0.25, 0.3) is 0 Å². The Kier molecular flexibility index (Phi) is 4.59. The zero-order valence-electron chi connectivity index (χ0n) is 10.8. The van der Waals surface area contributed by atoms with Gasteiger partial charge >= 0.3 is 0 Å². The fraction of sp³-hybridized carbons (Fsp3) is 0.188. The maximum atomic E-state index is 4.76. The fourth-order valence-electron chi connectivity index (χ4n) is 1.74. The van der Waals surface area contributed by atoms with Crippen molar-refractivity contribution < 1.29 is 0 Å². The fourth-order valence-corrected chi connectivity index (χ4v) is 2.57. The molecule has 18 heavy (non-hydrogen) atoms. The summed E-state index contributed by atoms with van der Waals surface area (Å²) in [7, 11) is 0. The number of hydrogen-bond donors (Lipinski definition) is 0. The third-order valence-electron chi connectivity index (χ3n) is 2.64. The molecule has 2 aromatic rings. The SMILES string of the molecule is CCSC(=Nc1ccccc1)c1ccccc1C. The van der Waals surface area contributed by atoms with Crippen LogP contribution in [0.1, 0.15) is 18.1 Å². The molecular weight excluding hydrogens is 238 g/mol. The molecule has 2 aromatic carbocycles. The molecule has 0 amide bonds. The molecule has 0 heterocycles. The standard InChI is InChI=1S/C16H17NS/c1-3-18-16(15-12-8-7-9-13(15)2)17-14-10-5-4-6-11-14/h4-12H,3H2,1-2H3. The lowest BCUT2D eigenvalue weighted by molar-refractivity contribution is 1.43. The Morgan fingerprint density at radius 2 is 1.67 bits per heavy atom. The van der Waals surface area contributed by atoms with E-state index in [4.69, 9.17) is 4.99 Å². The topological polar surface area (TPSA) is 12.4 Å². The largest absolute Gasteiger partial charge is 0.241 e. The molecule has 2 rings (SSSR count). The molecule has 1 nitrogen and oxygen atoms in total. The van der Waals surface area contributed by atoms with Crippen LogP contribution in [0.15, 0.2) is 59.6 Å². The quantitative estimate of drug-likeness (QED) is 0.565. The molecule has 0 aromatic heterocycles. The van der Waals surface area contributed by atoms with Crippen LogP contribution in [0.3, 0.4) is 0 Å². The van der Waals surface area contributed by atoms with Crippen LogP contribution < -0.4 is 0 Å². The zero-order valence-corrected chi connectivity index (χ0v) is 11.6. The Bertz CT molecular complexity index is 532. The second-order valence-electron chi connectivity index (χ2n) is 4.00. The number of nitrogens with zero attached hydrogens (tertiary/aromatic N) is 1. The summed E-state index contributed by atoms with van der Waals surface area (Å²) in [6.07, 6.45) is 0. The number of aryl methyl sites for hydroxylation is 1. The smallest absolute Gasteiger partial charge is 0.104 e. The van der Waals surface area contributed by atoms with Gasteiger partial charge in [-0.25, -0.2) is 4.99 Å². The number of para-hydroxylation sites is 1. The monoisotopic (exact) mass is 255 g/mol. The van der Waals surface area contributed by atoms with Crippen molar-refractivity contribution in [2.75, 3.05) is 5.75 Å². The highest BCUT2D eigenvalue weighted by atomic mass is 32.2. The molecule has 0 bridgehead atoms. The molecule has 2 heteroatoms. The van der Waals surface area contributed by atoms with Gasteiger partial charge in [0.05, 0.1) is 5.69 Å². The average Bonchev–Trinajstić information content (AvgIpc) is 2.40. The van der Waals surface area contributed by atoms with Gasteiger partial charge in [-0.3, -0.25) is 0 Å². The first kappa shape index (κ1) is 12.9. The summed E-state index contributed by atoms with van der Waals surface area (Å²) < 4.78 is 0. The van der Waals surface area contributed by atoms with E-state index in [-0.39, 0.29) is 0 Å². The number of rotatable bonds is 3. The first-order chi connectivity index (χ1) is 8.81. The summed E-state index contributed by atoms with van der Waals surface area (Å²) >= 11 is 1.79. The molecule has 0 saturated heterocycles. The van der Waals surface area contributed by atoms with Gasteiger partial charge < -0.3 is 0 Å². The van der Waals surface area contributed by atoms with Crippen LogP contribution in [0.2, 0.25) is 0 Å². The Morgan fingerprint density at radius 1 is 1.00 bits per heavy atom. The van der Waals surface area contributed by atoms with Crippen LogP contribution in [0.4, 0.5) is 5.69 Å². The lowest BCUT2D eigenvalue weighted by Gasteiger charge is -2.08. The molecule has 0 aliphatic heterocycles. The van der Waals surface area contributed by atoms with Crippen LogP contribution in [-0.2, 0) is 0 Å². The maximum Gasteiger partial charge on any atom is 0.104 e. The highest BCUT2D eigenvalue weighted by Gasteiger charge is 2.06. The van der Waals surface area contributed by atoms with Crippen LogP contribution in [-0.4, -0.2) is 10.8 Å². The van der Waals surface area contributed by atoms with Crippen LogP contribution in [0, 0.1) is 6.92 Å². The van der Waals surface area contributed by atoms with Crippen LogP contribution >= 0.6 is 11.8 Å². The molecule has 0 atom stereocenters. The highest BCUT2D eigenvalue weighted by Crippen LogP contribution is 2.21. The van der Waals surface area contributed by atoms with Gasteiger partial charge in [-0.15, -0.1) is 11.8 Å². The Hall–Kier alpha value is -1.54. The van der Waals surface area contributed by atoms with E-state index in [2.05, 4.69) is 38.1 Å². The van der Waals surface area contributed by atoms with Crippen molar-refractivity contribution in [3.05, 3.63) is 65.7 Å². The predicted molar refractivity (Wildman–Crippen MR) is 82.0 cm³/mol. The van der Waals surface area contributed by atoms with E-state index >= 15 is 0 Å². The Balaban J connectivity index is 2.41. The minimum absolute atomic E-state index is 1.01. The van der Waals surface area contributed by atoms with Crippen molar-refractivity contribution >= 4 is 22.5 Å². The molecule has 0 saturated carbocycles. The molecule has 0 N–H and O–H groups in total. The van der Waals surface area contributed by atoms with Crippen molar-refractivity contribution in [2.24, 2.45) is 4.99 Å². The first-order valence-corrected chi connectivity index (χ1v) is 7.12. The Morgan fingerprint density at radius 3 is 2.33 bits per heavy atom. The van der Waals surface area contributed by atoms with Crippen molar-refractivity contribution in [1.82, 2.24) is 0 Å². The molecule has 0 radical (unpaired) electrons. The predicted octanol–water partition coefficient (Wildman–Crippen LogP) is 4.83. The Labute approximate surface area is 113 Å². The first-order valence-electron chi connectivity index (χ1n) is 6.14. The summed E-state index contributed by atoms with van der Waals surface area (Å²) in [5.74, 6) is 1.03. The van der Waals surface area contributed by atoms with E-state index in [1.807, 2.05) is 30.3 Å². The van der Waals surface area contributed by atoms with Gasteiger partial charge in [0, 0.05) is 5.56 Å². The molecule has 0 aliphatic rings. The summed E-state index contributed by atoms with van der Waals surface area (Å²) in [5, 5.41) is 1.10. The van der Waals surface area contributed by atoms with Crippen molar-refractivity contribution in [2.45, 2.75) is 13.8 Å². The van der Waals surface area contributed by atoms with Crippen molar-refractivity contribution in [3.8, 4) is 0 Å². The van der Waals surface area contributed by atoms with E-state index in [1.165, 1.54) is 11.1 Å². The minimum Gasteiger partial charge on any atom is -0.241 e. The highest BCUT2D eigenvalue weighted by molar-refractivity contribution is 8.14. The van der Waals surface area contributed by atoms with Gasteiger partial charge in [0.15, 0.2) is 0 Å². The molecule has 0 spiro atoms. The minimum atomic E-state index is 1.01. The molecule has 92 valence electrons. The molecule has 0 aliphatic carbocycles. The van der Waals surface area contributed by atoms with Crippen molar-refractivity contribution in [3.63, 3.8) is 0 Å². The number of hydrogen-bond acceptors (Lipinski definition) is 2. The second kappa shape index (κ2) is 6.41. The van der Waals surface area contributed by atoms with E-state index in [9.17, 15) is 0 Å². The lowest BCUT2D eigenvalue weighted by Crippen LogP contribution is -1.98. The van der Waals surface area contributed by atoms with Gasteiger partial charge in [-0.1, -0.05) is 49.4 Å². The average molecular weight is 255 g/mol. The maximum absolute atomic E-state index is 4.76. The van der Waals surface area contributed by atoms with E-state index in [0.29, 0.717) is 0 Å². The molecular formula is C16H17NS. The normalized spacial score (nSPS) is 11.6. The molecule has 0 fully saturated rings. The van der Waals surface area contributed by atoms with Gasteiger partial charge in [0.25, 0.3) is 0 Å².